The van der Waals surface area contributed by atoms with Crippen LogP contribution in [0, 0.1) is 17.5 Å². The number of hydrogen-bond donors (Lipinski definition) is 1. The molecule has 0 aliphatic heterocycles. The van der Waals surface area contributed by atoms with Crippen molar-refractivity contribution < 1.29 is 18.0 Å². The van der Waals surface area contributed by atoms with E-state index in [1.807, 2.05) is 0 Å². The van der Waals surface area contributed by atoms with E-state index in [9.17, 15) is 18.0 Å². The maximum absolute atomic E-state index is 13.4. The molecule has 110 valence electrons. The maximum Gasteiger partial charge on any atom is 0.251 e. The molecule has 6 heteroatoms. The van der Waals surface area contributed by atoms with E-state index in [2.05, 4.69) is 21.2 Å². The van der Waals surface area contributed by atoms with Crippen molar-refractivity contribution in [1.29, 1.82) is 0 Å². The van der Waals surface area contributed by atoms with Crippen LogP contribution in [0.4, 0.5) is 13.2 Å². The first kappa shape index (κ1) is 15.6. The number of hydrogen-bond acceptors (Lipinski definition) is 1. The Morgan fingerprint density at radius 2 is 1.76 bits per heavy atom. The van der Waals surface area contributed by atoms with Crippen LogP contribution in [0.2, 0.25) is 0 Å². The topological polar surface area (TPSA) is 29.1 Å². The Balaban J connectivity index is 2.14. The number of amides is 1. The standard InChI is InChI=1S/C15H11BrF3NO/c1-8(9-3-5-12(17)14(19)6-9)20-15(21)10-2-4-11(16)13(18)7-10/h2-8H,1H3,(H,20,21). The van der Waals surface area contributed by atoms with Crippen molar-refractivity contribution >= 4 is 21.8 Å². The van der Waals surface area contributed by atoms with Gasteiger partial charge in [-0.3, -0.25) is 4.79 Å². The van der Waals surface area contributed by atoms with Crippen molar-refractivity contribution in [2.45, 2.75) is 13.0 Å². The van der Waals surface area contributed by atoms with Gasteiger partial charge in [-0.25, -0.2) is 13.2 Å². The molecule has 0 radical (unpaired) electrons. The summed E-state index contributed by atoms with van der Waals surface area (Å²) >= 11 is 3.00. The zero-order valence-electron chi connectivity index (χ0n) is 11.0. The molecule has 1 atom stereocenters. The fraction of sp³-hybridized carbons (Fsp3) is 0.133. The average Bonchev–Trinajstić information content (AvgIpc) is 2.44. The molecule has 1 N–H and O–H groups in total. The monoisotopic (exact) mass is 357 g/mol. The molecule has 0 heterocycles. The number of rotatable bonds is 3. The van der Waals surface area contributed by atoms with Gasteiger partial charge >= 0.3 is 0 Å². The van der Waals surface area contributed by atoms with Crippen LogP contribution in [-0.2, 0) is 0 Å². The fourth-order valence-corrected chi connectivity index (χ4v) is 2.03. The molecule has 2 aromatic rings. The largest absolute Gasteiger partial charge is 0.346 e. The number of carbonyl (C=O) groups is 1. The summed E-state index contributed by atoms with van der Waals surface area (Å²) in [7, 11) is 0. The molecule has 2 aromatic carbocycles. The zero-order valence-corrected chi connectivity index (χ0v) is 12.5. The first-order chi connectivity index (χ1) is 9.88. The zero-order chi connectivity index (χ0) is 15.6. The van der Waals surface area contributed by atoms with Crippen molar-refractivity contribution in [3.05, 3.63) is 69.4 Å². The van der Waals surface area contributed by atoms with E-state index in [0.29, 0.717) is 5.56 Å². The molecule has 0 saturated heterocycles. The summed E-state index contributed by atoms with van der Waals surface area (Å²) in [6.07, 6.45) is 0. The lowest BCUT2D eigenvalue weighted by atomic mass is 10.1. The number of nitrogens with one attached hydrogen (secondary N) is 1. The Kier molecular flexibility index (Phi) is 4.67. The summed E-state index contributed by atoms with van der Waals surface area (Å²) in [5.74, 6) is -2.99. The third kappa shape index (κ3) is 3.64. The number of carbonyl (C=O) groups excluding carboxylic acids is 1. The van der Waals surface area contributed by atoms with Crippen LogP contribution in [0.5, 0.6) is 0 Å². The predicted octanol–water partition coefficient (Wildman–Crippen LogP) is 4.36. The normalized spacial score (nSPS) is 12.0. The van der Waals surface area contributed by atoms with E-state index in [4.69, 9.17) is 0 Å². The van der Waals surface area contributed by atoms with Gasteiger partial charge in [0.25, 0.3) is 5.91 Å². The van der Waals surface area contributed by atoms with Gasteiger partial charge < -0.3 is 5.32 Å². The molecular formula is C15H11BrF3NO. The third-order valence-corrected chi connectivity index (χ3v) is 3.62. The first-order valence-corrected chi connectivity index (χ1v) is 6.88. The van der Waals surface area contributed by atoms with Gasteiger partial charge in [0.1, 0.15) is 5.82 Å². The second-order valence-corrected chi connectivity index (χ2v) is 5.35. The Morgan fingerprint density at radius 3 is 2.38 bits per heavy atom. The SMILES string of the molecule is CC(NC(=O)c1ccc(Br)c(F)c1)c1ccc(F)c(F)c1. The minimum absolute atomic E-state index is 0.144. The molecule has 0 aliphatic rings. The van der Waals surface area contributed by atoms with Gasteiger partial charge in [0.05, 0.1) is 10.5 Å². The van der Waals surface area contributed by atoms with Crippen molar-refractivity contribution in [2.24, 2.45) is 0 Å². The van der Waals surface area contributed by atoms with Gasteiger partial charge in [0, 0.05) is 5.56 Å². The van der Waals surface area contributed by atoms with Crippen LogP contribution in [0.15, 0.2) is 40.9 Å². The number of benzene rings is 2. The van der Waals surface area contributed by atoms with E-state index in [0.717, 1.165) is 18.2 Å². The highest BCUT2D eigenvalue weighted by Crippen LogP contribution is 2.19. The summed E-state index contributed by atoms with van der Waals surface area (Å²) in [6.45, 7) is 1.62. The summed E-state index contributed by atoms with van der Waals surface area (Å²) in [6, 6.07) is 6.82. The van der Waals surface area contributed by atoms with Gasteiger partial charge in [-0.05, 0) is 58.7 Å². The van der Waals surface area contributed by atoms with E-state index in [-0.39, 0.29) is 10.0 Å². The Hall–Kier alpha value is -1.82. The molecule has 0 saturated carbocycles. The smallest absolute Gasteiger partial charge is 0.251 e. The lowest BCUT2D eigenvalue weighted by molar-refractivity contribution is 0.0939. The second kappa shape index (κ2) is 6.30. The van der Waals surface area contributed by atoms with Crippen molar-refractivity contribution in [3.8, 4) is 0 Å². The van der Waals surface area contributed by atoms with Gasteiger partial charge in [0.15, 0.2) is 11.6 Å². The summed E-state index contributed by atoms with van der Waals surface area (Å²) in [4.78, 5) is 12.0. The molecule has 0 bridgehead atoms. The van der Waals surface area contributed by atoms with Gasteiger partial charge in [-0.1, -0.05) is 6.07 Å². The summed E-state index contributed by atoms with van der Waals surface area (Å²) < 4.78 is 39.7. The molecule has 2 nitrogen and oxygen atoms in total. The molecule has 0 aliphatic carbocycles. The molecule has 0 aromatic heterocycles. The maximum atomic E-state index is 13.4. The molecule has 0 spiro atoms. The molecule has 0 fully saturated rings. The molecule has 1 amide bonds. The van der Waals surface area contributed by atoms with Crippen LogP contribution in [-0.4, -0.2) is 5.91 Å². The lowest BCUT2D eigenvalue weighted by Gasteiger charge is -2.14. The van der Waals surface area contributed by atoms with E-state index in [1.54, 1.807) is 6.92 Å². The van der Waals surface area contributed by atoms with Gasteiger partial charge in [-0.15, -0.1) is 0 Å². The first-order valence-electron chi connectivity index (χ1n) is 6.09. The van der Waals surface area contributed by atoms with E-state index >= 15 is 0 Å². The number of halogens is 4. The van der Waals surface area contributed by atoms with Crippen LogP contribution in [0.1, 0.15) is 28.9 Å². The lowest BCUT2D eigenvalue weighted by Crippen LogP contribution is -2.26. The minimum atomic E-state index is -0.983. The predicted molar refractivity (Wildman–Crippen MR) is 76.3 cm³/mol. The Labute approximate surface area is 128 Å². The fourth-order valence-electron chi connectivity index (χ4n) is 1.78. The molecule has 1 unspecified atom stereocenters. The summed E-state index contributed by atoms with van der Waals surface area (Å²) in [5, 5.41) is 2.60. The average molecular weight is 358 g/mol. The van der Waals surface area contributed by atoms with Gasteiger partial charge in [-0.2, -0.15) is 0 Å². The van der Waals surface area contributed by atoms with Crippen LogP contribution in [0.3, 0.4) is 0 Å². The molecule has 21 heavy (non-hydrogen) atoms. The third-order valence-electron chi connectivity index (χ3n) is 2.97. The summed E-state index contributed by atoms with van der Waals surface area (Å²) in [5.41, 5.74) is 0.560. The Bertz CT molecular complexity index is 691. The quantitative estimate of drug-likeness (QED) is 0.868. The molecular weight excluding hydrogens is 347 g/mol. The van der Waals surface area contributed by atoms with Crippen molar-refractivity contribution in [3.63, 3.8) is 0 Å². The van der Waals surface area contributed by atoms with Crippen LogP contribution in [0.25, 0.3) is 0 Å². The van der Waals surface area contributed by atoms with Crippen molar-refractivity contribution in [2.75, 3.05) is 0 Å². The van der Waals surface area contributed by atoms with Crippen LogP contribution >= 0.6 is 15.9 Å². The van der Waals surface area contributed by atoms with Crippen molar-refractivity contribution in [1.82, 2.24) is 5.32 Å². The van der Waals surface area contributed by atoms with E-state index < -0.39 is 29.4 Å². The minimum Gasteiger partial charge on any atom is -0.346 e. The second-order valence-electron chi connectivity index (χ2n) is 4.50. The highest BCUT2D eigenvalue weighted by atomic mass is 79.9. The van der Waals surface area contributed by atoms with Gasteiger partial charge in [0.2, 0.25) is 0 Å². The highest BCUT2D eigenvalue weighted by molar-refractivity contribution is 9.10. The van der Waals surface area contributed by atoms with E-state index in [1.165, 1.54) is 18.2 Å². The molecule has 2 rings (SSSR count). The Morgan fingerprint density at radius 1 is 1.05 bits per heavy atom. The highest BCUT2D eigenvalue weighted by Gasteiger charge is 2.14. The van der Waals surface area contributed by atoms with Crippen LogP contribution < -0.4 is 5.32 Å².